The minimum Gasteiger partial charge on any atom is -0.425 e. The summed E-state index contributed by atoms with van der Waals surface area (Å²) in [6.07, 6.45) is 0. The van der Waals surface area contributed by atoms with E-state index in [0.29, 0.717) is 31.9 Å². The van der Waals surface area contributed by atoms with Gasteiger partial charge in [0.25, 0.3) is 0 Å². The lowest BCUT2D eigenvalue weighted by molar-refractivity contribution is -0.136. The van der Waals surface area contributed by atoms with E-state index >= 15 is 0 Å². The summed E-state index contributed by atoms with van der Waals surface area (Å²) in [4.78, 5) is 13.7. The number of esters is 1. The Morgan fingerprint density at radius 2 is 2.10 bits per heavy atom. The van der Waals surface area contributed by atoms with Crippen LogP contribution in [-0.4, -0.2) is 43.7 Å². The van der Waals surface area contributed by atoms with Crippen molar-refractivity contribution in [3.63, 3.8) is 0 Å². The Balaban J connectivity index is 0.00000200. The van der Waals surface area contributed by atoms with Gasteiger partial charge in [0.2, 0.25) is 0 Å². The summed E-state index contributed by atoms with van der Waals surface area (Å²) in [7, 11) is 0. The summed E-state index contributed by atoms with van der Waals surface area (Å²) >= 11 is 0. The highest BCUT2D eigenvalue weighted by Crippen LogP contribution is 2.19. The van der Waals surface area contributed by atoms with E-state index in [0.717, 1.165) is 0 Å². The van der Waals surface area contributed by atoms with Gasteiger partial charge in [0.1, 0.15) is 11.6 Å². The van der Waals surface area contributed by atoms with E-state index in [-0.39, 0.29) is 31.2 Å². The molecule has 0 amide bonds. The zero-order chi connectivity index (χ0) is 13.7. The third kappa shape index (κ3) is 4.72. The number of benzene rings is 1. The van der Waals surface area contributed by atoms with Crippen LogP contribution in [0.1, 0.15) is 5.56 Å². The molecule has 0 radical (unpaired) electrons. The van der Waals surface area contributed by atoms with Crippen molar-refractivity contribution in [2.75, 3.05) is 32.8 Å². The van der Waals surface area contributed by atoms with Crippen molar-refractivity contribution in [3.8, 4) is 5.75 Å². The van der Waals surface area contributed by atoms with Gasteiger partial charge in [-0.05, 0) is 6.07 Å². The van der Waals surface area contributed by atoms with E-state index < -0.39 is 11.8 Å². The molecule has 1 fully saturated rings. The van der Waals surface area contributed by atoms with E-state index in [9.17, 15) is 9.18 Å². The minimum atomic E-state index is -0.452. The molecule has 0 bridgehead atoms. The molecule has 0 aromatic heterocycles. The summed E-state index contributed by atoms with van der Waals surface area (Å²) < 4.78 is 23.5. The molecular weight excluding hydrogens is 287 g/mol. The lowest BCUT2D eigenvalue weighted by atomic mass is 10.2. The number of hydrogen-bond donors (Lipinski definition) is 1. The monoisotopic (exact) mass is 304 g/mol. The second-order valence-electron chi connectivity index (χ2n) is 4.32. The molecule has 1 aliphatic rings. The number of carbonyl (C=O) groups is 1. The summed E-state index contributed by atoms with van der Waals surface area (Å²) in [6, 6.07) is 3.99. The molecule has 20 heavy (non-hydrogen) atoms. The average molecular weight is 305 g/mol. The van der Waals surface area contributed by atoms with E-state index in [1.165, 1.54) is 18.2 Å². The first kappa shape index (κ1) is 16.8. The Morgan fingerprint density at radius 1 is 1.40 bits per heavy atom. The van der Waals surface area contributed by atoms with Crippen LogP contribution in [0.2, 0.25) is 0 Å². The largest absolute Gasteiger partial charge is 0.425 e. The fraction of sp³-hybridized carbons (Fsp3) is 0.462. The van der Waals surface area contributed by atoms with Crippen molar-refractivity contribution in [3.05, 3.63) is 29.6 Å². The zero-order valence-corrected chi connectivity index (χ0v) is 11.8. The molecule has 1 heterocycles. The van der Waals surface area contributed by atoms with E-state index in [1.54, 1.807) is 0 Å². The normalized spacial score (nSPS) is 15.5. The van der Waals surface area contributed by atoms with Crippen LogP contribution >= 0.6 is 12.4 Å². The number of nitrogens with zero attached hydrogens (tertiary/aromatic N) is 1. The quantitative estimate of drug-likeness (QED) is 0.662. The minimum absolute atomic E-state index is 0. The maximum Gasteiger partial charge on any atom is 0.325 e. The first-order valence-corrected chi connectivity index (χ1v) is 6.18. The van der Waals surface area contributed by atoms with Crippen molar-refractivity contribution in [1.82, 2.24) is 4.90 Å². The van der Waals surface area contributed by atoms with Gasteiger partial charge in [0, 0.05) is 31.3 Å². The van der Waals surface area contributed by atoms with Gasteiger partial charge in [-0.3, -0.25) is 9.69 Å². The highest BCUT2D eigenvalue weighted by Gasteiger charge is 2.16. The number of carbonyl (C=O) groups excluding carboxylic acids is 1. The van der Waals surface area contributed by atoms with Crippen molar-refractivity contribution >= 4 is 18.4 Å². The summed E-state index contributed by atoms with van der Waals surface area (Å²) in [6.45, 7) is 2.98. The molecule has 112 valence electrons. The van der Waals surface area contributed by atoms with Crippen LogP contribution in [0.3, 0.4) is 0 Å². The molecule has 5 nitrogen and oxygen atoms in total. The number of hydrogen-bond acceptors (Lipinski definition) is 5. The van der Waals surface area contributed by atoms with Crippen LogP contribution in [0.4, 0.5) is 4.39 Å². The lowest BCUT2D eigenvalue weighted by Gasteiger charge is -2.25. The van der Waals surface area contributed by atoms with E-state index in [2.05, 4.69) is 0 Å². The fourth-order valence-electron chi connectivity index (χ4n) is 1.89. The molecule has 2 rings (SSSR count). The van der Waals surface area contributed by atoms with Crippen LogP contribution in [0.15, 0.2) is 18.2 Å². The molecule has 0 spiro atoms. The van der Waals surface area contributed by atoms with Gasteiger partial charge in [-0.15, -0.1) is 12.4 Å². The number of rotatable bonds is 4. The second-order valence-corrected chi connectivity index (χ2v) is 4.32. The van der Waals surface area contributed by atoms with Gasteiger partial charge in [-0.2, -0.15) is 0 Å². The molecule has 0 atom stereocenters. The van der Waals surface area contributed by atoms with Crippen molar-refractivity contribution in [2.24, 2.45) is 5.73 Å². The lowest BCUT2D eigenvalue weighted by Crippen LogP contribution is -2.40. The van der Waals surface area contributed by atoms with Gasteiger partial charge in [-0.1, -0.05) is 6.07 Å². The summed E-state index contributed by atoms with van der Waals surface area (Å²) in [5.41, 5.74) is 6.13. The van der Waals surface area contributed by atoms with E-state index in [1.807, 2.05) is 4.90 Å². The molecule has 2 N–H and O–H groups in total. The summed E-state index contributed by atoms with van der Waals surface area (Å²) in [5.74, 6) is -0.672. The van der Waals surface area contributed by atoms with Crippen LogP contribution in [0.5, 0.6) is 5.75 Å². The first-order chi connectivity index (χ1) is 9.19. The van der Waals surface area contributed by atoms with Gasteiger partial charge in [-0.25, -0.2) is 4.39 Å². The maximum atomic E-state index is 13.1. The molecule has 1 saturated heterocycles. The average Bonchev–Trinajstić information content (AvgIpc) is 2.40. The van der Waals surface area contributed by atoms with Crippen molar-refractivity contribution in [1.29, 1.82) is 0 Å². The highest BCUT2D eigenvalue weighted by atomic mass is 35.5. The van der Waals surface area contributed by atoms with Crippen LogP contribution in [0.25, 0.3) is 0 Å². The van der Waals surface area contributed by atoms with Gasteiger partial charge in [0.05, 0.1) is 19.8 Å². The number of ether oxygens (including phenoxy) is 2. The van der Waals surface area contributed by atoms with Crippen molar-refractivity contribution in [2.45, 2.75) is 6.54 Å². The number of nitrogens with two attached hydrogens (primary N) is 1. The smallest absolute Gasteiger partial charge is 0.325 e. The third-order valence-corrected chi connectivity index (χ3v) is 2.93. The topological polar surface area (TPSA) is 64.8 Å². The molecule has 0 unspecified atom stereocenters. The third-order valence-electron chi connectivity index (χ3n) is 2.93. The Hall–Kier alpha value is -1.21. The van der Waals surface area contributed by atoms with Crippen molar-refractivity contribution < 1.29 is 18.7 Å². The molecule has 1 aromatic carbocycles. The maximum absolute atomic E-state index is 13.1. The van der Waals surface area contributed by atoms with Gasteiger partial charge in [0.15, 0.2) is 0 Å². The molecule has 0 saturated carbocycles. The number of morpholine rings is 1. The molecule has 7 heteroatoms. The first-order valence-electron chi connectivity index (χ1n) is 6.18. The standard InChI is InChI=1S/C13H17FN2O3.ClH/c14-11-2-1-10(8-15)12(7-11)19-13(17)9-16-3-5-18-6-4-16;/h1-2,7H,3-6,8-9,15H2;1H. The fourth-order valence-corrected chi connectivity index (χ4v) is 1.89. The van der Waals surface area contributed by atoms with Crippen LogP contribution < -0.4 is 10.5 Å². The Labute approximate surface area is 123 Å². The highest BCUT2D eigenvalue weighted by molar-refractivity contribution is 5.85. The Bertz CT molecular complexity index is 453. The van der Waals surface area contributed by atoms with Crippen LogP contribution in [0, 0.1) is 5.82 Å². The van der Waals surface area contributed by atoms with Gasteiger partial charge >= 0.3 is 5.97 Å². The SMILES string of the molecule is Cl.NCc1ccc(F)cc1OC(=O)CN1CCOCC1. The zero-order valence-electron chi connectivity index (χ0n) is 11.0. The second kappa shape index (κ2) is 8.16. The predicted octanol–water partition coefficient (Wildman–Crippen LogP) is 0.944. The number of halogens is 2. The molecule has 1 aromatic rings. The predicted molar refractivity (Wildman–Crippen MR) is 74.4 cm³/mol. The van der Waals surface area contributed by atoms with Crippen LogP contribution in [-0.2, 0) is 16.1 Å². The molecule has 1 aliphatic heterocycles. The molecular formula is C13H18ClFN2O3. The van der Waals surface area contributed by atoms with Gasteiger partial charge < -0.3 is 15.2 Å². The Kier molecular flexibility index (Phi) is 6.87. The Morgan fingerprint density at radius 3 is 2.75 bits per heavy atom. The summed E-state index contributed by atoms with van der Waals surface area (Å²) in [5, 5.41) is 0. The van der Waals surface area contributed by atoms with E-state index in [4.69, 9.17) is 15.2 Å². The molecule has 0 aliphatic carbocycles.